The fraction of sp³-hybridized carbons (Fsp3) is 0.400. The summed E-state index contributed by atoms with van der Waals surface area (Å²) < 4.78 is 0. The molecule has 0 saturated carbocycles. The number of hydrogen-bond acceptors (Lipinski definition) is 3. The molecule has 6 nitrogen and oxygen atoms in total. The third-order valence-electron chi connectivity index (χ3n) is 3.64. The van der Waals surface area contributed by atoms with Crippen molar-refractivity contribution in [2.75, 3.05) is 13.1 Å². The number of primary amides is 1. The molecule has 1 aromatic rings. The Morgan fingerprint density at radius 1 is 1.14 bits per heavy atom. The lowest BCUT2D eigenvalue weighted by molar-refractivity contribution is -0.123. The second-order valence-corrected chi connectivity index (χ2v) is 5.18. The van der Waals surface area contributed by atoms with Gasteiger partial charge in [0.25, 0.3) is 0 Å². The van der Waals surface area contributed by atoms with Crippen LogP contribution in [0.1, 0.15) is 18.4 Å². The number of imide groups is 1. The summed E-state index contributed by atoms with van der Waals surface area (Å²) in [5.74, 6) is -0.826. The Labute approximate surface area is 123 Å². The van der Waals surface area contributed by atoms with E-state index in [2.05, 4.69) is 5.32 Å². The zero-order valence-electron chi connectivity index (χ0n) is 11.7. The topological polar surface area (TPSA) is 92.5 Å². The summed E-state index contributed by atoms with van der Waals surface area (Å²) in [6.07, 6.45) is 1.27. The van der Waals surface area contributed by atoms with E-state index in [9.17, 15) is 14.4 Å². The predicted molar refractivity (Wildman–Crippen MR) is 77.2 cm³/mol. The monoisotopic (exact) mass is 289 g/mol. The number of urea groups is 1. The molecule has 1 heterocycles. The first kappa shape index (κ1) is 15.0. The molecule has 0 aliphatic carbocycles. The number of nitrogens with one attached hydrogen (secondary N) is 1. The van der Waals surface area contributed by atoms with Gasteiger partial charge >= 0.3 is 6.03 Å². The number of amides is 4. The minimum Gasteiger partial charge on any atom is -0.369 e. The molecule has 0 atom stereocenters. The van der Waals surface area contributed by atoms with Crippen LogP contribution in [0.25, 0.3) is 0 Å². The maximum absolute atomic E-state index is 12.0. The maximum Gasteiger partial charge on any atom is 0.324 e. The van der Waals surface area contributed by atoms with E-state index >= 15 is 0 Å². The zero-order chi connectivity index (χ0) is 15.2. The predicted octanol–water partition coefficient (Wildman–Crippen LogP) is 0.663. The van der Waals surface area contributed by atoms with Crippen LogP contribution in [0, 0.1) is 5.92 Å². The third-order valence-corrected chi connectivity index (χ3v) is 3.64. The Morgan fingerprint density at radius 3 is 2.33 bits per heavy atom. The van der Waals surface area contributed by atoms with Crippen LogP contribution in [0.2, 0.25) is 0 Å². The van der Waals surface area contributed by atoms with Gasteiger partial charge in [-0.15, -0.1) is 0 Å². The molecule has 112 valence electrons. The van der Waals surface area contributed by atoms with E-state index in [4.69, 9.17) is 5.73 Å². The third kappa shape index (κ3) is 4.30. The van der Waals surface area contributed by atoms with Crippen molar-refractivity contribution >= 4 is 17.8 Å². The smallest absolute Gasteiger partial charge is 0.324 e. The van der Waals surface area contributed by atoms with Crippen molar-refractivity contribution in [2.45, 2.75) is 19.3 Å². The summed E-state index contributed by atoms with van der Waals surface area (Å²) in [5, 5.41) is 2.37. The molecule has 21 heavy (non-hydrogen) atoms. The second-order valence-electron chi connectivity index (χ2n) is 5.18. The van der Waals surface area contributed by atoms with Crippen LogP contribution in [0.3, 0.4) is 0 Å². The van der Waals surface area contributed by atoms with Gasteiger partial charge in [-0.3, -0.25) is 14.9 Å². The minimum absolute atomic E-state index is 0.171. The molecule has 0 spiro atoms. The van der Waals surface area contributed by atoms with Gasteiger partial charge in [0, 0.05) is 19.0 Å². The van der Waals surface area contributed by atoms with Crippen molar-refractivity contribution in [3.05, 3.63) is 35.9 Å². The molecular formula is C15H19N3O3. The van der Waals surface area contributed by atoms with E-state index in [1.807, 2.05) is 30.3 Å². The molecule has 1 aromatic carbocycles. The first-order valence-corrected chi connectivity index (χ1v) is 6.98. The Hall–Kier alpha value is -2.37. The highest BCUT2D eigenvalue weighted by molar-refractivity contribution is 5.95. The van der Waals surface area contributed by atoms with E-state index in [1.54, 1.807) is 4.90 Å². The first-order chi connectivity index (χ1) is 10.1. The highest BCUT2D eigenvalue weighted by atomic mass is 16.2. The largest absolute Gasteiger partial charge is 0.369 e. The molecule has 0 bridgehead atoms. The molecule has 0 unspecified atom stereocenters. The molecule has 1 aliphatic rings. The fourth-order valence-corrected chi connectivity index (χ4v) is 2.39. The molecule has 6 heteroatoms. The van der Waals surface area contributed by atoms with E-state index < -0.39 is 6.03 Å². The normalized spacial score (nSPS) is 15.5. The summed E-state index contributed by atoms with van der Waals surface area (Å²) in [7, 11) is 0. The van der Waals surface area contributed by atoms with E-state index in [0.717, 1.165) is 5.56 Å². The van der Waals surface area contributed by atoms with Gasteiger partial charge in [-0.25, -0.2) is 4.79 Å². The van der Waals surface area contributed by atoms with E-state index in [1.165, 1.54) is 0 Å². The van der Waals surface area contributed by atoms with Crippen molar-refractivity contribution in [2.24, 2.45) is 11.7 Å². The molecule has 1 saturated heterocycles. The quantitative estimate of drug-likeness (QED) is 0.856. The van der Waals surface area contributed by atoms with Gasteiger partial charge in [0.2, 0.25) is 11.8 Å². The number of likely N-dealkylation sites (tertiary alicyclic amines) is 1. The molecule has 1 fully saturated rings. The van der Waals surface area contributed by atoms with Crippen LogP contribution >= 0.6 is 0 Å². The summed E-state index contributed by atoms with van der Waals surface area (Å²) >= 11 is 0. The lowest BCUT2D eigenvalue weighted by atomic mass is 9.96. The van der Waals surface area contributed by atoms with Crippen LogP contribution in [-0.2, 0) is 16.0 Å². The van der Waals surface area contributed by atoms with Crippen LogP contribution in [0.4, 0.5) is 4.79 Å². The lowest BCUT2D eigenvalue weighted by Crippen LogP contribution is -2.48. The molecule has 2 rings (SSSR count). The van der Waals surface area contributed by atoms with Gasteiger partial charge in [0.05, 0.1) is 6.42 Å². The van der Waals surface area contributed by atoms with Gasteiger partial charge in [0.1, 0.15) is 0 Å². The number of piperidine rings is 1. The molecule has 0 aromatic heterocycles. The van der Waals surface area contributed by atoms with Crippen molar-refractivity contribution in [1.29, 1.82) is 0 Å². The van der Waals surface area contributed by atoms with E-state index in [0.29, 0.717) is 25.9 Å². The van der Waals surface area contributed by atoms with Gasteiger partial charge in [0.15, 0.2) is 0 Å². The van der Waals surface area contributed by atoms with Crippen molar-refractivity contribution in [3.8, 4) is 0 Å². The summed E-state index contributed by atoms with van der Waals surface area (Å²) in [6, 6.07) is 8.83. The molecule has 3 N–H and O–H groups in total. The average molecular weight is 289 g/mol. The maximum atomic E-state index is 12.0. The Morgan fingerprint density at radius 2 is 1.76 bits per heavy atom. The first-order valence-electron chi connectivity index (χ1n) is 6.98. The van der Waals surface area contributed by atoms with Crippen LogP contribution in [0.5, 0.6) is 0 Å². The number of benzene rings is 1. The number of carbonyl (C=O) groups excluding carboxylic acids is 3. The molecule has 4 amide bonds. The summed E-state index contributed by atoms with van der Waals surface area (Å²) in [5.41, 5.74) is 6.10. The van der Waals surface area contributed by atoms with Crippen LogP contribution in [0.15, 0.2) is 30.3 Å². The Bertz CT molecular complexity index is 522. The van der Waals surface area contributed by atoms with Gasteiger partial charge in [-0.1, -0.05) is 30.3 Å². The Kier molecular flexibility index (Phi) is 4.92. The highest BCUT2D eigenvalue weighted by Crippen LogP contribution is 2.16. The van der Waals surface area contributed by atoms with Crippen molar-refractivity contribution in [1.82, 2.24) is 10.2 Å². The summed E-state index contributed by atoms with van der Waals surface area (Å²) in [6.45, 7) is 0.885. The number of carbonyl (C=O) groups is 3. The van der Waals surface area contributed by atoms with E-state index in [-0.39, 0.29) is 24.2 Å². The van der Waals surface area contributed by atoms with Crippen molar-refractivity contribution < 1.29 is 14.4 Å². The van der Waals surface area contributed by atoms with Gasteiger partial charge in [-0.05, 0) is 18.4 Å². The number of nitrogens with zero attached hydrogens (tertiary/aromatic N) is 1. The van der Waals surface area contributed by atoms with Crippen molar-refractivity contribution in [3.63, 3.8) is 0 Å². The minimum atomic E-state index is -0.404. The fourth-order valence-electron chi connectivity index (χ4n) is 2.39. The molecule has 1 aliphatic heterocycles. The standard InChI is InChI=1S/C15H19N3O3/c16-14(20)12-6-8-18(9-7-12)15(21)17-13(19)10-11-4-2-1-3-5-11/h1-5,12H,6-10H2,(H2,16,20)(H,17,19,21). The number of rotatable bonds is 3. The van der Waals surface area contributed by atoms with Crippen LogP contribution < -0.4 is 11.1 Å². The Balaban J connectivity index is 1.79. The number of nitrogens with two attached hydrogens (primary N) is 1. The number of hydrogen-bond donors (Lipinski definition) is 2. The lowest BCUT2D eigenvalue weighted by Gasteiger charge is -2.30. The van der Waals surface area contributed by atoms with Crippen LogP contribution in [-0.4, -0.2) is 35.8 Å². The summed E-state index contributed by atoms with van der Waals surface area (Å²) in [4.78, 5) is 36.4. The molecule has 0 radical (unpaired) electrons. The second kappa shape index (κ2) is 6.88. The molecular weight excluding hydrogens is 270 g/mol. The van der Waals surface area contributed by atoms with Gasteiger partial charge < -0.3 is 10.6 Å². The van der Waals surface area contributed by atoms with Gasteiger partial charge in [-0.2, -0.15) is 0 Å². The average Bonchev–Trinajstić information content (AvgIpc) is 2.48. The highest BCUT2D eigenvalue weighted by Gasteiger charge is 2.26. The zero-order valence-corrected chi connectivity index (χ0v) is 11.7. The SMILES string of the molecule is NC(=O)C1CCN(C(=O)NC(=O)Cc2ccccc2)CC1.